The zero-order valence-electron chi connectivity index (χ0n) is 20.2. The molecule has 0 aromatic heterocycles. The molecule has 0 spiro atoms. The maximum Gasteiger partial charge on any atom is 0.259 e. The normalized spacial score (nSPS) is 16.3. The molecule has 3 aromatic carbocycles. The van der Waals surface area contributed by atoms with E-state index >= 15 is 0 Å². The molecular formula is C29H27ClN2O4S. The predicted octanol–water partition coefficient (Wildman–Crippen LogP) is 5.95. The summed E-state index contributed by atoms with van der Waals surface area (Å²) in [5.74, 6) is -0.757. The molecule has 1 aliphatic heterocycles. The monoisotopic (exact) mass is 534 g/mol. The van der Waals surface area contributed by atoms with Crippen molar-refractivity contribution >= 4 is 38.9 Å². The Balaban J connectivity index is 1.51. The summed E-state index contributed by atoms with van der Waals surface area (Å²) in [7, 11) is -4.00. The first-order valence-corrected chi connectivity index (χ1v) is 14.2. The molecule has 0 unspecified atom stereocenters. The number of fused-ring (bicyclic) bond motifs is 2. The van der Waals surface area contributed by atoms with Crippen molar-refractivity contribution in [3.05, 3.63) is 100 Å². The minimum atomic E-state index is -4.00. The fraction of sp³-hybridized carbons (Fsp3) is 0.241. The van der Waals surface area contributed by atoms with Gasteiger partial charge in [-0.25, -0.2) is 8.42 Å². The van der Waals surface area contributed by atoms with Crippen LogP contribution in [0.5, 0.6) is 0 Å². The number of benzene rings is 3. The molecule has 0 radical (unpaired) electrons. The summed E-state index contributed by atoms with van der Waals surface area (Å²) >= 11 is 6.03. The van der Waals surface area contributed by atoms with E-state index in [9.17, 15) is 18.0 Å². The first-order valence-electron chi connectivity index (χ1n) is 12.4. The van der Waals surface area contributed by atoms with E-state index in [1.54, 1.807) is 36.4 Å². The van der Waals surface area contributed by atoms with Gasteiger partial charge in [-0.15, -0.1) is 0 Å². The van der Waals surface area contributed by atoms with Gasteiger partial charge in [0.25, 0.3) is 11.8 Å². The van der Waals surface area contributed by atoms with E-state index in [2.05, 4.69) is 11.4 Å². The number of hydrogen-bond acceptors (Lipinski definition) is 4. The summed E-state index contributed by atoms with van der Waals surface area (Å²) in [6.45, 7) is 0.616. The fourth-order valence-electron chi connectivity index (χ4n) is 4.85. The molecule has 2 aliphatic rings. The summed E-state index contributed by atoms with van der Waals surface area (Å²) in [5, 5.41) is 3.50. The van der Waals surface area contributed by atoms with Crippen molar-refractivity contribution in [1.29, 1.82) is 0 Å². The van der Waals surface area contributed by atoms with Gasteiger partial charge in [0.05, 0.1) is 27.6 Å². The van der Waals surface area contributed by atoms with E-state index in [1.165, 1.54) is 53.6 Å². The molecule has 1 heterocycles. The highest BCUT2D eigenvalue weighted by molar-refractivity contribution is 7.91. The van der Waals surface area contributed by atoms with Crippen molar-refractivity contribution in [2.24, 2.45) is 0 Å². The highest BCUT2D eigenvalue weighted by atomic mass is 35.5. The van der Waals surface area contributed by atoms with Crippen LogP contribution < -0.4 is 10.2 Å². The number of halogens is 1. The highest BCUT2D eigenvalue weighted by Gasteiger charge is 2.36. The molecule has 6 nitrogen and oxygen atoms in total. The lowest BCUT2D eigenvalue weighted by molar-refractivity contribution is 0.0950. The fourth-order valence-corrected chi connectivity index (χ4v) is 6.60. The second-order valence-electron chi connectivity index (χ2n) is 9.31. The van der Waals surface area contributed by atoms with Gasteiger partial charge in [0, 0.05) is 17.1 Å². The van der Waals surface area contributed by atoms with Gasteiger partial charge in [-0.1, -0.05) is 47.5 Å². The Morgan fingerprint density at radius 2 is 1.76 bits per heavy atom. The van der Waals surface area contributed by atoms with Crippen molar-refractivity contribution in [3.8, 4) is 0 Å². The highest BCUT2D eigenvalue weighted by Crippen LogP contribution is 2.38. The Morgan fingerprint density at radius 1 is 0.973 bits per heavy atom. The third kappa shape index (κ3) is 5.20. The SMILES string of the molecule is O=C(NCCC1=CCCCC1)c1ccc2c(c1)N(Cc1ccc(Cl)cc1)C(=O)c1ccccc1S2(=O)=O. The lowest BCUT2D eigenvalue weighted by atomic mass is 9.97. The van der Waals surface area contributed by atoms with Crippen LogP contribution >= 0.6 is 11.6 Å². The van der Waals surface area contributed by atoms with Gasteiger partial charge in [-0.2, -0.15) is 0 Å². The minimum Gasteiger partial charge on any atom is -0.352 e. The quantitative estimate of drug-likeness (QED) is 0.396. The molecule has 190 valence electrons. The van der Waals surface area contributed by atoms with Gasteiger partial charge >= 0.3 is 0 Å². The Hall–Kier alpha value is -3.42. The largest absolute Gasteiger partial charge is 0.352 e. The van der Waals surface area contributed by atoms with Crippen LogP contribution in [0.15, 0.2) is 88.2 Å². The molecule has 8 heteroatoms. The summed E-state index contributed by atoms with van der Waals surface area (Å²) in [5.41, 5.74) is 2.71. The average Bonchev–Trinajstić information content (AvgIpc) is 2.98. The third-order valence-corrected chi connectivity index (χ3v) is 8.94. The summed E-state index contributed by atoms with van der Waals surface area (Å²) in [6.07, 6.45) is 7.58. The number of rotatable bonds is 6. The van der Waals surface area contributed by atoms with Crippen LogP contribution in [0.25, 0.3) is 0 Å². The van der Waals surface area contributed by atoms with Gasteiger partial charge < -0.3 is 10.2 Å². The average molecular weight is 535 g/mol. The molecular weight excluding hydrogens is 508 g/mol. The van der Waals surface area contributed by atoms with E-state index in [0.717, 1.165) is 24.8 Å². The van der Waals surface area contributed by atoms with Crippen LogP contribution in [-0.4, -0.2) is 26.8 Å². The Bertz CT molecular complexity index is 1500. The van der Waals surface area contributed by atoms with E-state index in [4.69, 9.17) is 11.6 Å². The number of hydrogen-bond donors (Lipinski definition) is 1. The Labute approximate surface area is 221 Å². The Kier molecular flexibility index (Phi) is 7.17. The van der Waals surface area contributed by atoms with E-state index in [-0.39, 0.29) is 33.5 Å². The van der Waals surface area contributed by atoms with Gasteiger partial charge in [-0.3, -0.25) is 9.59 Å². The molecule has 37 heavy (non-hydrogen) atoms. The summed E-state index contributed by atoms with van der Waals surface area (Å²) in [4.78, 5) is 28.1. The molecule has 2 amide bonds. The van der Waals surface area contributed by atoms with Crippen LogP contribution in [0, 0.1) is 0 Å². The standard InChI is InChI=1S/C29H27ClN2O4S/c30-23-13-10-21(11-14-23)19-32-25-18-22(28(33)31-17-16-20-6-2-1-3-7-20)12-15-27(25)37(35,36)26-9-5-4-8-24(26)29(32)34/h4-6,8-15,18H,1-3,7,16-17,19H2,(H,31,33). The number of carbonyl (C=O) groups excluding carboxylic acids is 2. The molecule has 0 fully saturated rings. The molecule has 1 aliphatic carbocycles. The van der Waals surface area contributed by atoms with Crippen molar-refractivity contribution < 1.29 is 18.0 Å². The number of amides is 2. The lowest BCUT2D eigenvalue weighted by Gasteiger charge is -2.23. The second kappa shape index (κ2) is 10.5. The Morgan fingerprint density at radius 3 is 2.51 bits per heavy atom. The molecule has 0 saturated carbocycles. The lowest BCUT2D eigenvalue weighted by Crippen LogP contribution is -2.31. The van der Waals surface area contributed by atoms with Gasteiger partial charge in [0.1, 0.15) is 0 Å². The van der Waals surface area contributed by atoms with Crippen molar-refractivity contribution in [3.63, 3.8) is 0 Å². The smallest absolute Gasteiger partial charge is 0.259 e. The summed E-state index contributed by atoms with van der Waals surface area (Å²) in [6, 6.07) is 17.6. The van der Waals surface area contributed by atoms with E-state index < -0.39 is 15.7 Å². The van der Waals surface area contributed by atoms with Gasteiger partial charge in [0.15, 0.2) is 0 Å². The zero-order valence-corrected chi connectivity index (χ0v) is 21.8. The van der Waals surface area contributed by atoms with Crippen LogP contribution in [0.2, 0.25) is 5.02 Å². The number of allylic oxidation sites excluding steroid dienone is 1. The maximum atomic E-state index is 13.7. The molecule has 0 bridgehead atoms. The van der Waals surface area contributed by atoms with Crippen molar-refractivity contribution in [2.45, 2.75) is 48.4 Å². The maximum absolute atomic E-state index is 13.7. The third-order valence-electron chi connectivity index (χ3n) is 6.82. The van der Waals surface area contributed by atoms with Crippen molar-refractivity contribution in [1.82, 2.24) is 5.32 Å². The van der Waals surface area contributed by atoms with Crippen LogP contribution in [0.1, 0.15) is 58.4 Å². The van der Waals surface area contributed by atoms with Crippen LogP contribution in [0.4, 0.5) is 5.69 Å². The number of anilines is 1. The second-order valence-corrected chi connectivity index (χ2v) is 11.6. The van der Waals surface area contributed by atoms with Crippen molar-refractivity contribution in [2.75, 3.05) is 11.4 Å². The number of nitrogens with one attached hydrogen (secondary N) is 1. The van der Waals surface area contributed by atoms with E-state index in [1.807, 2.05) is 0 Å². The molecule has 3 aromatic rings. The van der Waals surface area contributed by atoms with Crippen LogP contribution in [0.3, 0.4) is 0 Å². The first-order chi connectivity index (χ1) is 17.8. The topological polar surface area (TPSA) is 83.6 Å². The number of nitrogens with zero attached hydrogens (tertiary/aromatic N) is 1. The van der Waals surface area contributed by atoms with Gasteiger partial charge in [0.2, 0.25) is 9.84 Å². The molecule has 0 saturated heterocycles. The predicted molar refractivity (Wildman–Crippen MR) is 144 cm³/mol. The minimum absolute atomic E-state index is 0.0105. The van der Waals surface area contributed by atoms with Gasteiger partial charge in [-0.05, 0) is 80.1 Å². The first kappa shape index (κ1) is 25.2. The number of sulfone groups is 1. The molecule has 0 atom stereocenters. The summed E-state index contributed by atoms with van der Waals surface area (Å²) < 4.78 is 27.3. The molecule has 1 N–H and O–H groups in total. The van der Waals surface area contributed by atoms with E-state index in [0.29, 0.717) is 17.1 Å². The zero-order chi connectivity index (χ0) is 26.0. The molecule has 5 rings (SSSR count). The number of carbonyl (C=O) groups is 2. The van der Waals surface area contributed by atoms with Crippen LogP contribution in [-0.2, 0) is 16.4 Å².